The average Bonchev–Trinajstić information content (AvgIpc) is 2.82. The number of nitrogens with one attached hydrogen (secondary N) is 1. The molecule has 1 unspecified atom stereocenters. The molecule has 1 saturated carbocycles. The monoisotopic (exact) mass is 546 g/mol. The van der Waals surface area contributed by atoms with E-state index in [0.717, 1.165) is 41.3 Å². The molecular weight excluding hydrogens is 511 g/mol. The summed E-state index contributed by atoms with van der Waals surface area (Å²) in [5.74, 6) is -0.274. The summed E-state index contributed by atoms with van der Waals surface area (Å²) in [5.41, 5.74) is 1.88. The predicted molar refractivity (Wildman–Crippen MR) is 140 cm³/mol. The first-order chi connectivity index (χ1) is 16.5. The third kappa shape index (κ3) is 7.79. The van der Waals surface area contributed by atoms with E-state index < -0.39 is 6.04 Å². The number of carbonyl (C=O) groups is 2. The van der Waals surface area contributed by atoms with E-state index in [-0.39, 0.29) is 42.2 Å². The minimum Gasteiger partial charge on any atom is -0.483 e. The molecule has 35 heavy (non-hydrogen) atoms. The van der Waals surface area contributed by atoms with Gasteiger partial charge in [-0.2, -0.15) is 0 Å². The van der Waals surface area contributed by atoms with Gasteiger partial charge in [0.15, 0.2) is 6.61 Å². The van der Waals surface area contributed by atoms with E-state index in [1.54, 1.807) is 19.1 Å². The Hall–Kier alpha value is -2.41. The van der Waals surface area contributed by atoms with Crippen LogP contribution in [0.3, 0.4) is 0 Å². The molecule has 0 saturated heterocycles. The van der Waals surface area contributed by atoms with Gasteiger partial charge in [-0.3, -0.25) is 9.59 Å². The minimum atomic E-state index is -0.690. The lowest BCUT2D eigenvalue weighted by atomic mass is 9.87. The summed E-state index contributed by atoms with van der Waals surface area (Å²) in [7, 11) is 0. The molecular formula is C28H36BrFN2O3. The molecule has 0 spiro atoms. The zero-order valence-electron chi connectivity index (χ0n) is 21.1. The number of amides is 2. The Bertz CT molecular complexity index is 1010. The first-order valence-corrected chi connectivity index (χ1v) is 13.1. The van der Waals surface area contributed by atoms with Crippen LogP contribution in [0.2, 0.25) is 0 Å². The van der Waals surface area contributed by atoms with E-state index in [1.165, 1.54) is 23.5 Å². The standard InChI is InChI=1S/C28H36BrFN2O3/c1-19(27(34)31-23-8-6-5-7-9-23)32(17-20-10-13-22(30)14-11-20)26(33)18-35-25-15-12-21(16-24(25)29)28(2,3)4/h10-16,19,23H,5-9,17-18H2,1-4H3,(H,31,34). The second-order valence-corrected chi connectivity index (χ2v) is 11.2. The molecule has 0 bridgehead atoms. The van der Waals surface area contributed by atoms with Crippen molar-refractivity contribution in [3.63, 3.8) is 0 Å². The van der Waals surface area contributed by atoms with Gasteiger partial charge in [0.25, 0.3) is 5.91 Å². The van der Waals surface area contributed by atoms with Crippen molar-refractivity contribution in [3.05, 3.63) is 63.9 Å². The summed E-state index contributed by atoms with van der Waals surface area (Å²) < 4.78 is 20.0. The summed E-state index contributed by atoms with van der Waals surface area (Å²) in [4.78, 5) is 27.8. The van der Waals surface area contributed by atoms with Crippen LogP contribution >= 0.6 is 15.9 Å². The van der Waals surface area contributed by atoms with Gasteiger partial charge in [-0.15, -0.1) is 0 Å². The number of halogens is 2. The van der Waals surface area contributed by atoms with Gasteiger partial charge in [0.2, 0.25) is 5.91 Å². The molecule has 3 rings (SSSR count). The number of hydrogen-bond acceptors (Lipinski definition) is 3. The lowest BCUT2D eigenvalue weighted by Gasteiger charge is -2.31. The fourth-order valence-corrected chi connectivity index (χ4v) is 4.74. The Kier molecular flexibility index (Phi) is 9.34. The van der Waals surface area contributed by atoms with Crippen LogP contribution in [0.15, 0.2) is 46.9 Å². The smallest absolute Gasteiger partial charge is 0.261 e. The molecule has 2 aromatic rings. The van der Waals surface area contributed by atoms with E-state index in [4.69, 9.17) is 4.74 Å². The van der Waals surface area contributed by atoms with Crippen LogP contribution < -0.4 is 10.1 Å². The maximum Gasteiger partial charge on any atom is 0.261 e. The summed E-state index contributed by atoms with van der Waals surface area (Å²) in [6, 6.07) is 11.3. The molecule has 0 radical (unpaired) electrons. The van der Waals surface area contributed by atoms with Crippen LogP contribution in [-0.2, 0) is 21.5 Å². The van der Waals surface area contributed by atoms with Crippen LogP contribution in [0.4, 0.5) is 4.39 Å². The van der Waals surface area contributed by atoms with Crippen LogP contribution in [0.5, 0.6) is 5.75 Å². The number of nitrogens with zero attached hydrogens (tertiary/aromatic N) is 1. The molecule has 7 heteroatoms. The van der Waals surface area contributed by atoms with Crippen LogP contribution in [-0.4, -0.2) is 35.4 Å². The maximum absolute atomic E-state index is 13.4. The normalized spacial score (nSPS) is 15.4. The fraction of sp³-hybridized carbons (Fsp3) is 0.500. The van der Waals surface area contributed by atoms with E-state index in [9.17, 15) is 14.0 Å². The molecule has 0 aromatic heterocycles. The third-order valence-corrected chi connectivity index (χ3v) is 7.15. The minimum absolute atomic E-state index is 0.00997. The predicted octanol–water partition coefficient (Wildman–Crippen LogP) is 6.13. The average molecular weight is 548 g/mol. The van der Waals surface area contributed by atoms with Crippen LogP contribution in [0.25, 0.3) is 0 Å². The highest BCUT2D eigenvalue weighted by atomic mass is 79.9. The number of hydrogen-bond donors (Lipinski definition) is 1. The van der Waals surface area contributed by atoms with Crippen LogP contribution in [0.1, 0.15) is 70.9 Å². The molecule has 1 aliphatic rings. The summed E-state index contributed by atoms with van der Waals surface area (Å²) in [6.07, 6.45) is 5.33. The van der Waals surface area contributed by atoms with Crippen LogP contribution in [0, 0.1) is 5.82 Å². The molecule has 1 atom stereocenters. The van der Waals surface area contributed by atoms with Crippen molar-refractivity contribution in [1.29, 1.82) is 0 Å². The number of carbonyl (C=O) groups excluding carboxylic acids is 2. The molecule has 1 aliphatic carbocycles. The highest BCUT2D eigenvalue weighted by Gasteiger charge is 2.28. The lowest BCUT2D eigenvalue weighted by Crippen LogP contribution is -2.51. The van der Waals surface area contributed by atoms with Crippen molar-refractivity contribution in [1.82, 2.24) is 10.2 Å². The molecule has 1 N–H and O–H groups in total. The fourth-order valence-electron chi connectivity index (χ4n) is 4.24. The van der Waals surface area contributed by atoms with Gasteiger partial charge in [0.1, 0.15) is 17.6 Å². The molecule has 0 aliphatic heterocycles. The Labute approximate surface area is 216 Å². The number of ether oxygens (including phenoxy) is 1. The zero-order chi connectivity index (χ0) is 25.6. The Morgan fingerprint density at radius 2 is 1.77 bits per heavy atom. The van der Waals surface area contributed by atoms with E-state index in [0.29, 0.717) is 5.75 Å². The number of rotatable bonds is 8. The Morgan fingerprint density at radius 1 is 1.11 bits per heavy atom. The van der Waals surface area contributed by atoms with E-state index in [2.05, 4.69) is 42.0 Å². The first-order valence-electron chi connectivity index (χ1n) is 12.3. The molecule has 5 nitrogen and oxygen atoms in total. The van der Waals surface area contributed by atoms with Crippen molar-refractivity contribution in [2.24, 2.45) is 0 Å². The Balaban J connectivity index is 1.72. The zero-order valence-corrected chi connectivity index (χ0v) is 22.7. The summed E-state index contributed by atoms with van der Waals surface area (Å²) in [6.45, 7) is 8.10. The molecule has 190 valence electrons. The highest BCUT2D eigenvalue weighted by Crippen LogP contribution is 2.31. The highest BCUT2D eigenvalue weighted by molar-refractivity contribution is 9.10. The summed E-state index contributed by atoms with van der Waals surface area (Å²) in [5, 5.41) is 3.11. The van der Waals surface area contributed by atoms with Crippen molar-refractivity contribution in [2.75, 3.05) is 6.61 Å². The third-order valence-electron chi connectivity index (χ3n) is 6.53. The van der Waals surface area contributed by atoms with Gasteiger partial charge in [0.05, 0.1) is 4.47 Å². The van der Waals surface area contributed by atoms with Gasteiger partial charge in [-0.1, -0.05) is 58.2 Å². The SMILES string of the molecule is CC(C(=O)NC1CCCCC1)N(Cc1ccc(F)cc1)C(=O)COc1ccc(C(C)(C)C)cc1Br. The maximum atomic E-state index is 13.4. The van der Waals surface area contributed by atoms with E-state index >= 15 is 0 Å². The van der Waals surface area contributed by atoms with Crippen molar-refractivity contribution in [3.8, 4) is 5.75 Å². The number of benzene rings is 2. The molecule has 0 heterocycles. The van der Waals surface area contributed by atoms with Crippen molar-refractivity contribution < 1.29 is 18.7 Å². The van der Waals surface area contributed by atoms with Gasteiger partial charge >= 0.3 is 0 Å². The lowest BCUT2D eigenvalue weighted by molar-refractivity contribution is -0.142. The Morgan fingerprint density at radius 3 is 2.37 bits per heavy atom. The molecule has 1 fully saturated rings. The van der Waals surface area contributed by atoms with Gasteiger partial charge < -0.3 is 15.0 Å². The summed E-state index contributed by atoms with van der Waals surface area (Å²) >= 11 is 3.55. The van der Waals surface area contributed by atoms with E-state index in [1.807, 2.05) is 18.2 Å². The molecule has 2 aromatic carbocycles. The second kappa shape index (κ2) is 12.0. The topological polar surface area (TPSA) is 58.6 Å². The van der Waals surface area contributed by atoms with Crippen molar-refractivity contribution >= 4 is 27.7 Å². The van der Waals surface area contributed by atoms with Gasteiger partial charge in [-0.05, 0) is 76.5 Å². The van der Waals surface area contributed by atoms with Gasteiger partial charge in [0, 0.05) is 12.6 Å². The van der Waals surface area contributed by atoms with Gasteiger partial charge in [-0.25, -0.2) is 4.39 Å². The van der Waals surface area contributed by atoms with Crippen molar-refractivity contribution in [2.45, 2.75) is 83.8 Å². The first kappa shape index (κ1) is 27.2. The quantitative estimate of drug-likeness (QED) is 0.433. The largest absolute Gasteiger partial charge is 0.483 e. The second-order valence-electron chi connectivity index (χ2n) is 10.4. The molecule has 2 amide bonds.